The Morgan fingerprint density at radius 2 is 1.80 bits per heavy atom. The van der Waals surface area contributed by atoms with Crippen LogP contribution in [0.4, 0.5) is 0 Å². The van der Waals surface area contributed by atoms with E-state index in [1.807, 2.05) is 6.92 Å². The van der Waals surface area contributed by atoms with Crippen molar-refractivity contribution in [3.8, 4) is 0 Å². The molecule has 1 aromatic heterocycles. The summed E-state index contributed by atoms with van der Waals surface area (Å²) in [5.74, 6) is 6.10. The molecule has 1 heterocycles. The second-order valence-corrected chi connectivity index (χ2v) is 7.45. The van der Waals surface area contributed by atoms with Crippen LogP contribution in [0.5, 0.6) is 0 Å². The third-order valence-corrected chi connectivity index (χ3v) is 6.06. The Kier molecular flexibility index (Phi) is 3.09. The van der Waals surface area contributed by atoms with Gasteiger partial charge in [0, 0.05) is 12.5 Å². The highest BCUT2D eigenvalue weighted by Gasteiger charge is 2.49. The number of nitrogens with zero attached hydrogens (tertiary/aromatic N) is 2. The maximum atomic E-state index is 6.56. The van der Waals surface area contributed by atoms with E-state index in [9.17, 15) is 0 Å². The van der Waals surface area contributed by atoms with Gasteiger partial charge in [-0.1, -0.05) is 5.16 Å². The van der Waals surface area contributed by atoms with Crippen molar-refractivity contribution in [3.05, 3.63) is 11.7 Å². The van der Waals surface area contributed by atoms with E-state index in [-0.39, 0.29) is 0 Å². The predicted octanol–water partition coefficient (Wildman–Crippen LogP) is 2.71. The average molecular weight is 275 g/mol. The Hall–Kier alpha value is -0.900. The molecule has 4 saturated carbocycles. The van der Waals surface area contributed by atoms with E-state index in [1.165, 1.54) is 32.1 Å². The van der Waals surface area contributed by atoms with E-state index >= 15 is 0 Å². The summed E-state index contributed by atoms with van der Waals surface area (Å²) in [6.07, 6.45) is 9.14. The molecule has 0 amide bonds. The van der Waals surface area contributed by atoms with Gasteiger partial charge in [0.05, 0.1) is 0 Å². The van der Waals surface area contributed by atoms with Crippen molar-refractivity contribution in [3.63, 3.8) is 0 Å². The minimum atomic E-state index is 0.317. The maximum absolute atomic E-state index is 6.56. The third-order valence-electron chi connectivity index (χ3n) is 6.06. The Bertz CT molecular complexity index is 456. The van der Waals surface area contributed by atoms with E-state index in [0.717, 1.165) is 54.1 Å². The molecule has 1 aromatic rings. The molecular formula is C16H25N3O. The zero-order valence-electron chi connectivity index (χ0n) is 12.3. The first-order valence-corrected chi connectivity index (χ1v) is 8.24. The van der Waals surface area contributed by atoms with E-state index in [2.05, 4.69) is 10.1 Å². The lowest BCUT2D eigenvalue weighted by Crippen LogP contribution is -2.51. The average Bonchev–Trinajstić information content (AvgIpc) is 2.81. The molecule has 0 aliphatic heterocycles. The summed E-state index contributed by atoms with van der Waals surface area (Å²) in [5.41, 5.74) is 6.56. The molecule has 4 fully saturated rings. The maximum Gasteiger partial charge on any atom is 0.226 e. The molecule has 0 spiro atoms. The van der Waals surface area contributed by atoms with Crippen molar-refractivity contribution < 1.29 is 4.52 Å². The first-order chi connectivity index (χ1) is 9.69. The summed E-state index contributed by atoms with van der Waals surface area (Å²) in [6.45, 7) is 1.87. The van der Waals surface area contributed by atoms with E-state index in [0.29, 0.717) is 6.04 Å². The largest absolute Gasteiger partial charge is 0.339 e. The molecule has 4 nitrogen and oxygen atoms in total. The predicted molar refractivity (Wildman–Crippen MR) is 75.9 cm³/mol. The Balaban J connectivity index is 1.40. The molecule has 0 radical (unpaired) electrons. The number of hydrogen-bond donors (Lipinski definition) is 1. The lowest BCUT2D eigenvalue weighted by Gasteiger charge is -2.56. The van der Waals surface area contributed by atoms with Gasteiger partial charge in [-0.05, 0) is 75.0 Å². The van der Waals surface area contributed by atoms with Gasteiger partial charge in [0.2, 0.25) is 5.89 Å². The molecule has 2 N–H and O–H groups in total. The molecule has 1 unspecified atom stereocenters. The fourth-order valence-corrected chi connectivity index (χ4v) is 5.59. The van der Waals surface area contributed by atoms with Crippen LogP contribution in [0.3, 0.4) is 0 Å². The molecule has 0 aromatic carbocycles. The van der Waals surface area contributed by atoms with Crippen LogP contribution in [-0.4, -0.2) is 16.2 Å². The van der Waals surface area contributed by atoms with Crippen LogP contribution >= 0.6 is 0 Å². The summed E-state index contributed by atoms with van der Waals surface area (Å²) in [4.78, 5) is 4.29. The van der Waals surface area contributed by atoms with Crippen molar-refractivity contribution >= 4 is 0 Å². The van der Waals surface area contributed by atoms with Crippen molar-refractivity contribution in [2.45, 2.75) is 57.9 Å². The van der Waals surface area contributed by atoms with E-state index in [4.69, 9.17) is 10.3 Å². The van der Waals surface area contributed by atoms with E-state index < -0.39 is 0 Å². The molecule has 110 valence electrons. The van der Waals surface area contributed by atoms with Crippen LogP contribution in [0.2, 0.25) is 0 Å². The van der Waals surface area contributed by atoms with Crippen molar-refractivity contribution in [2.24, 2.45) is 35.3 Å². The molecular weight excluding hydrogens is 250 g/mol. The molecule has 5 rings (SSSR count). The van der Waals surface area contributed by atoms with Gasteiger partial charge in [-0.25, -0.2) is 0 Å². The van der Waals surface area contributed by atoms with Gasteiger partial charge >= 0.3 is 0 Å². The summed E-state index contributed by atoms with van der Waals surface area (Å²) in [5, 5.41) is 3.85. The van der Waals surface area contributed by atoms with Crippen LogP contribution < -0.4 is 5.73 Å². The number of rotatable bonds is 4. The quantitative estimate of drug-likeness (QED) is 0.917. The first kappa shape index (κ1) is 12.8. The minimum Gasteiger partial charge on any atom is -0.339 e. The standard InChI is InChI=1S/C16H25N3O/c1-9-18-15(20-19-9)3-2-14(17)16-12-5-10-4-11(7-12)8-13(16)6-10/h10-14,16H,2-8,17H2,1H3. The van der Waals surface area contributed by atoms with Crippen molar-refractivity contribution in [1.82, 2.24) is 10.1 Å². The van der Waals surface area contributed by atoms with Crippen molar-refractivity contribution in [1.29, 1.82) is 0 Å². The molecule has 1 atom stereocenters. The fraction of sp³-hybridized carbons (Fsp3) is 0.875. The molecule has 4 heteroatoms. The summed E-state index contributed by atoms with van der Waals surface area (Å²) >= 11 is 0. The van der Waals surface area contributed by atoms with Gasteiger partial charge in [-0.2, -0.15) is 4.98 Å². The third kappa shape index (κ3) is 2.18. The van der Waals surface area contributed by atoms with Gasteiger partial charge in [0.25, 0.3) is 0 Å². The van der Waals surface area contributed by atoms with Crippen LogP contribution in [0.1, 0.15) is 50.2 Å². The number of hydrogen-bond acceptors (Lipinski definition) is 4. The summed E-state index contributed by atoms with van der Waals surface area (Å²) in [7, 11) is 0. The molecule has 4 bridgehead atoms. The topological polar surface area (TPSA) is 64.9 Å². The minimum absolute atomic E-state index is 0.317. The van der Waals surface area contributed by atoms with Gasteiger partial charge in [0.1, 0.15) is 0 Å². The monoisotopic (exact) mass is 275 g/mol. The van der Waals surface area contributed by atoms with E-state index in [1.54, 1.807) is 0 Å². The normalized spacial score (nSPS) is 40.2. The molecule has 0 saturated heterocycles. The summed E-state index contributed by atoms with van der Waals surface area (Å²) in [6, 6.07) is 0.317. The second-order valence-electron chi connectivity index (χ2n) is 7.45. The van der Waals surface area contributed by atoms with Crippen LogP contribution in [0, 0.1) is 36.5 Å². The smallest absolute Gasteiger partial charge is 0.226 e. The lowest BCUT2D eigenvalue weighted by atomic mass is 9.50. The van der Waals surface area contributed by atoms with Gasteiger partial charge in [-0.15, -0.1) is 0 Å². The highest BCUT2D eigenvalue weighted by molar-refractivity contribution is 5.01. The number of aryl methyl sites for hydroxylation is 2. The van der Waals surface area contributed by atoms with Crippen LogP contribution in [0.25, 0.3) is 0 Å². The SMILES string of the molecule is Cc1noc(CCC(N)C2C3CC4CC(C3)CC2C4)n1. The zero-order valence-corrected chi connectivity index (χ0v) is 12.3. The molecule has 4 aliphatic carbocycles. The summed E-state index contributed by atoms with van der Waals surface area (Å²) < 4.78 is 5.20. The van der Waals surface area contributed by atoms with Gasteiger partial charge in [-0.3, -0.25) is 0 Å². The fourth-order valence-electron chi connectivity index (χ4n) is 5.59. The Morgan fingerprint density at radius 3 is 2.35 bits per heavy atom. The number of nitrogens with two attached hydrogens (primary N) is 1. The zero-order chi connectivity index (χ0) is 13.7. The lowest BCUT2D eigenvalue weighted by molar-refractivity contribution is -0.0476. The van der Waals surface area contributed by atoms with Crippen molar-refractivity contribution in [2.75, 3.05) is 0 Å². The first-order valence-electron chi connectivity index (χ1n) is 8.24. The van der Waals surface area contributed by atoms with Crippen LogP contribution in [0.15, 0.2) is 4.52 Å². The second kappa shape index (κ2) is 4.83. The highest BCUT2D eigenvalue weighted by atomic mass is 16.5. The Morgan fingerprint density at radius 1 is 1.15 bits per heavy atom. The Labute approximate surface area is 120 Å². The van der Waals surface area contributed by atoms with Gasteiger partial charge < -0.3 is 10.3 Å². The highest BCUT2D eigenvalue weighted by Crippen LogP contribution is 2.57. The van der Waals surface area contributed by atoms with Crippen LogP contribution in [-0.2, 0) is 6.42 Å². The van der Waals surface area contributed by atoms with Gasteiger partial charge in [0.15, 0.2) is 5.82 Å². The molecule has 4 aliphatic rings. The molecule has 20 heavy (non-hydrogen) atoms. The number of aromatic nitrogens is 2.